The molecule has 0 spiro atoms. The largest absolute Gasteiger partial charge is 0.477 e. The normalized spacial score (nSPS) is 10.8. The third kappa shape index (κ3) is 1.85. The van der Waals surface area contributed by atoms with Crippen LogP contribution in [0.5, 0.6) is 0 Å². The molecule has 2 aromatic heterocycles. The molecule has 0 aliphatic carbocycles. The lowest BCUT2D eigenvalue weighted by Gasteiger charge is -1.99. The summed E-state index contributed by atoms with van der Waals surface area (Å²) in [6.45, 7) is 1.96. The highest BCUT2D eigenvalue weighted by atomic mass is 16.4. The van der Waals surface area contributed by atoms with E-state index in [0.29, 0.717) is 11.3 Å². The lowest BCUT2D eigenvalue weighted by molar-refractivity contribution is 0.0699. The minimum absolute atomic E-state index is 0.131. The number of hydrogen-bond donors (Lipinski definition) is 1. The number of hydrogen-bond acceptors (Lipinski definition) is 3. The minimum atomic E-state index is -1.02. The summed E-state index contributed by atoms with van der Waals surface area (Å²) in [5.74, 6) is -1.02. The first-order valence-electron chi connectivity index (χ1n) is 5.80. The molecule has 3 rings (SSSR count). The monoisotopic (exact) mass is 253 g/mol. The third-order valence-corrected chi connectivity index (χ3v) is 2.90. The predicted molar refractivity (Wildman–Crippen MR) is 70.1 cm³/mol. The number of aromatic nitrogens is 3. The number of aryl methyl sites for hydroxylation is 1. The number of carboxylic acids is 1. The molecule has 0 aliphatic rings. The van der Waals surface area contributed by atoms with Gasteiger partial charge in [0.1, 0.15) is 11.3 Å². The average Bonchev–Trinajstić information content (AvgIpc) is 2.78. The second-order valence-electron chi connectivity index (χ2n) is 4.29. The van der Waals surface area contributed by atoms with Crippen molar-refractivity contribution >= 4 is 11.6 Å². The minimum Gasteiger partial charge on any atom is -0.477 e. The Labute approximate surface area is 109 Å². The molecule has 0 bridgehead atoms. The van der Waals surface area contributed by atoms with Gasteiger partial charge in [-0.3, -0.25) is 0 Å². The summed E-state index contributed by atoms with van der Waals surface area (Å²) in [5, 5.41) is 13.7. The smallest absolute Gasteiger partial charge is 0.341 e. The van der Waals surface area contributed by atoms with Crippen LogP contribution in [0.15, 0.2) is 42.7 Å². The SMILES string of the molecule is Cc1cccc(-c2nn3cccnc3c2C(=O)O)c1. The molecule has 0 aliphatic heterocycles. The molecule has 1 N–H and O–H groups in total. The molecule has 2 heterocycles. The van der Waals surface area contributed by atoms with E-state index < -0.39 is 5.97 Å². The van der Waals surface area contributed by atoms with Crippen molar-refractivity contribution in [3.8, 4) is 11.3 Å². The molecule has 0 radical (unpaired) electrons. The first kappa shape index (κ1) is 11.4. The Morgan fingerprint density at radius 3 is 2.89 bits per heavy atom. The van der Waals surface area contributed by atoms with Crippen molar-refractivity contribution < 1.29 is 9.90 Å². The van der Waals surface area contributed by atoms with Gasteiger partial charge in [0, 0.05) is 18.0 Å². The molecule has 0 amide bonds. The zero-order valence-electron chi connectivity index (χ0n) is 10.2. The molecule has 0 fully saturated rings. The second kappa shape index (κ2) is 4.20. The summed E-state index contributed by atoms with van der Waals surface area (Å²) in [7, 11) is 0. The second-order valence-corrected chi connectivity index (χ2v) is 4.29. The van der Waals surface area contributed by atoms with Crippen LogP contribution in [0, 0.1) is 6.92 Å². The summed E-state index contributed by atoms with van der Waals surface area (Å²) in [4.78, 5) is 15.6. The highest BCUT2D eigenvalue weighted by molar-refractivity contribution is 6.01. The molecule has 94 valence electrons. The maximum atomic E-state index is 11.5. The van der Waals surface area contributed by atoms with E-state index in [0.717, 1.165) is 11.1 Å². The van der Waals surface area contributed by atoms with E-state index in [9.17, 15) is 9.90 Å². The van der Waals surface area contributed by atoms with Crippen molar-refractivity contribution in [2.75, 3.05) is 0 Å². The number of benzene rings is 1. The Morgan fingerprint density at radius 2 is 2.16 bits per heavy atom. The standard InChI is InChI=1S/C14H11N3O2/c1-9-4-2-5-10(8-9)12-11(14(18)19)13-15-6-3-7-17(13)16-12/h2-8H,1H3,(H,18,19). The summed E-state index contributed by atoms with van der Waals surface area (Å²) >= 11 is 0. The van der Waals surface area contributed by atoms with Gasteiger partial charge in [-0.2, -0.15) is 5.10 Å². The highest BCUT2D eigenvalue weighted by Crippen LogP contribution is 2.25. The Kier molecular flexibility index (Phi) is 2.52. The Morgan fingerprint density at radius 1 is 1.32 bits per heavy atom. The summed E-state index contributed by atoms with van der Waals surface area (Å²) < 4.78 is 1.49. The number of rotatable bonds is 2. The Bertz CT molecular complexity index is 777. The molecular formula is C14H11N3O2. The van der Waals surface area contributed by atoms with Crippen LogP contribution < -0.4 is 0 Å². The number of carbonyl (C=O) groups is 1. The van der Waals surface area contributed by atoms with Gasteiger partial charge >= 0.3 is 5.97 Å². The third-order valence-electron chi connectivity index (χ3n) is 2.90. The highest BCUT2D eigenvalue weighted by Gasteiger charge is 2.21. The van der Waals surface area contributed by atoms with E-state index in [1.54, 1.807) is 18.5 Å². The van der Waals surface area contributed by atoms with Gasteiger partial charge in [0.05, 0.1) is 0 Å². The Hall–Kier alpha value is -2.69. The molecule has 19 heavy (non-hydrogen) atoms. The molecule has 1 aromatic carbocycles. The van der Waals surface area contributed by atoms with Gasteiger partial charge < -0.3 is 5.11 Å². The van der Waals surface area contributed by atoms with Crippen LogP contribution in [0.3, 0.4) is 0 Å². The van der Waals surface area contributed by atoms with Crippen molar-refractivity contribution in [3.05, 3.63) is 53.9 Å². The van der Waals surface area contributed by atoms with Crippen LogP contribution in [-0.2, 0) is 0 Å². The maximum Gasteiger partial charge on any atom is 0.341 e. The number of carboxylic acid groups (broad SMARTS) is 1. The van der Waals surface area contributed by atoms with Crippen molar-refractivity contribution in [2.45, 2.75) is 6.92 Å². The number of fused-ring (bicyclic) bond motifs is 1. The summed E-state index contributed by atoms with van der Waals surface area (Å²) in [6, 6.07) is 9.31. The molecule has 0 atom stereocenters. The van der Waals surface area contributed by atoms with Crippen LogP contribution in [0.25, 0.3) is 16.9 Å². The maximum absolute atomic E-state index is 11.5. The molecular weight excluding hydrogens is 242 g/mol. The van der Waals surface area contributed by atoms with Gasteiger partial charge in [0.25, 0.3) is 0 Å². The molecule has 0 saturated carbocycles. The van der Waals surface area contributed by atoms with E-state index in [-0.39, 0.29) is 5.56 Å². The summed E-state index contributed by atoms with van der Waals surface area (Å²) in [6.07, 6.45) is 3.25. The van der Waals surface area contributed by atoms with Crippen LogP contribution in [0.1, 0.15) is 15.9 Å². The van der Waals surface area contributed by atoms with Gasteiger partial charge in [0.15, 0.2) is 5.65 Å². The van der Waals surface area contributed by atoms with E-state index >= 15 is 0 Å². The van der Waals surface area contributed by atoms with Crippen LogP contribution in [0.4, 0.5) is 0 Å². The van der Waals surface area contributed by atoms with Gasteiger partial charge in [0.2, 0.25) is 0 Å². The summed E-state index contributed by atoms with van der Waals surface area (Å²) in [5.41, 5.74) is 2.76. The molecule has 5 heteroatoms. The lowest BCUT2D eigenvalue weighted by Crippen LogP contribution is -1.99. The van der Waals surface area contributed by atoms with Crippen molar-refractivity contribution in [2.24, 2.45) is 0 Å². The predicted octanol–water partition coefficient (Wildman–Crippen LogP) is 2.40. The van der Waals surface area contributed by atoms with Gasteiger partial charge in [-0.25, -0.2) is 14.3 Å². The molecule has 0 saturated heterocycles. The van der Waals surface area contributed by atoms with Crippen LogP contribution in [-0.4, -0.2) is 25.7 Å². The lowest BCUT2D eigenvalue weighted by atomic mass is 10.1. The van der Waals surface area contributed by atoms with Crippen LogP contribution in [0.2, 0.25) is 0 Å². The molecule has 0 unspecified atom stereocenters. The molecule has 5 nitrogen and oxygen atoms in total. The van der Waals surface area contributed by atoms with Gasteiger partial charge in [-0.15, -0.1) is 0 Å². The average molecular weight is 253 g/mol. The van der Waals surface area contributed by atoms with Gasteiger partial charge in [-0.05, 0) is 19.1 Å². The number of nitrogens with zero attached hydrogens (tertiary/aromatic N) is 3. The fraction of sp³-hybridized carbons (Fsp3) is 0.0714. The van der Waals surface area contributed by atoms with E-state index in [1.807, 2.05) is 31.2 Å². The zero-order chi connectivity index (χ0) is 13.4. The van der Waals surface area contributed by atoms with E-state index in [4.69, 9.17) is 0 Å². The fourth-order valence-corrected chi connectivity index (χ4v) is 2.08. The van der Waals surface area contributed by atoms with Crippen LogP contribution >= 0.6 is 0 Å². The first-order chi connectivity index (χ1) is 9.16. The van der Waals surface area contributed by atoms with Crippen molar-refractivity contribution in [1.82, 2.24) is 14.6 Å². The van der Waals surface area contributed by atoms with E-state index in [1.165, 1.54) is 4.52 Å². The van der Waals surface area contributed by atoms with Gasteiger partial charge in [-0.1, -0.05) is 23.8 Å². The number of aromatic carboxylic acids is 1. The van der Waals surface area contributed by atoms with Crippen molar-refractivity contribution in [3.63, 3.8) is 0 Å². The van der Waals surface area contributed by atoms with Crippen molar-refractivity contribution in [1.29, 1.82) is 0 Å². The Balaban J connectivity index is 2.34. The zero-order valence-corrected chi connectivity index (χ0v) is 10.2. The first-order valence-corrected chi connectivity index (χ1v) is 5.80. The molecule has 3 aromatic rings. The fourth-order valence-electron chi connectivity index (χ4n) is 2.08. The topological polar surface area (TPSA) is 67.5 Å². The quantitative estimate of drug-likeness (QED) is 0.761. The van der Waals surface area contributed by atoms with E-state index in [2.05, 4.69) is 10.1 Å².